The molecule has 0 spiro atoms. The van der Waals surface area contributed by atoms with E-state index in [9.17, 15) is 24.0 Å². The first-order valence-electron chi connectivity index (χ1n) is 16.3. The zero-order valence-corrected chi connectivity index (χ0v) is 25.7. The summed E-state index contributed by atoms with van der Waals surface area (Å²) >= 11 is 0. The second kappa shape index (κ2) is 15.8. The summed E-state index contributed by atoms with van der Waals surface area (Å²) in [6.07, 6.45) is 5.58. The first-order valence-corrected chi connectivity index (χ1v) is 16.3. The molecule has 0 aromatic heterocycles. The van der Waals surface area contributed by atoms with Gasteiger partial charge in [-0.2, -0.15) is 0 Å². The van der Waals surface area contributed by atoms with Crippen LogP contribution in [0.4, 0.5) is 0 Å². The smallest absolute Gasteiger partial charge is 0.245 e. The average Bonchev–Trinajstić information content (AvgIpc) is 3.90. The number of carbonyl (C=O) groups is 5. The highest BCUT2D eigenvalue weighted by atomic mass is 16.6. The number of piperidine rings is 1. The van der Waals surface area contributed by atoms with E-state index in [1.54, 1.807) is 4.90 Å². The summed E-state index contributed by atoms with van der Waals surface area (Å²) in [4.78, 5) is 68.9. The van der Waals surface area contributed by atoms with Crippen LogP contribution in [0.5, 0.6) is 0 Å². The zero-order chi connectivity index (χ0) is 31.6. The van der Waals surface area contributed by atoms with Gasteiger partial charge < -0.3 is 25.6 Å². The van der Waals surface area contributed by atoms with Crippen LogP contribution in [0.25, 0.3) is 0 Å². The molecule has 3 N–H and O–H groups in total. The van der Waals surface area contributed by atoms with Gasteiger partial charge in [-0.3, -0.25) is 24.0 Å². The van der Waals surface area contributed by atoms with E-state index in [2.05, 4.69) is 16.0 Å². The molecule has 4 amide bonds. The number of Topliss-reactive ketones (excluding diaryl/α,β-unsaturated/α-hetero) is 1. The molecule has 5 rings (SSSR count). The minimum atomic E-state index is -0.959. The van der Waals surface area contributed by atoms with Gasteiger partial charge in [0.2, 0.25) is 23.6 Å². The highest BCUT2D eigenvalue weighted by molar-refractivity contribution is 5.95. The van der Waals surface area contributed by atoms with Crippen molar-refractivity contribution in [3.8, 4) is 0 Å². The summed E-state index contributed by atoms with van der Waals surface area (Å²) in [6, 6.07) is 16.0. The molecule has 45 heavy (non-hydrogen) atoms. The van der Waals surface area contributed by atoms with Crippen molar-refractivity contribution in [1.29, 1.82) is 0 Å². The molecule has 10 nitrogen and oxygen atoms in total. The number of fused-ring (bicyclic) bond motifs is 1. The second-order valence-electron chi connectivity index (χ2n) is 12.4. The molecule has 5 atom stereocenters. The summed E-state index contributed by atoms with van der Waals surface area (Å²) < 4.78 is 5.06. The monoisotopic (exact) mass is 616 g/mol. The van der Waals surface area contributed by atoms with Gasteiger partial charge in [0.25, 0.3) is 0 Å². The van der Waals surface area contributed by atoms with Crippen molar-refractivity contribution in [2.45, 2.75) is 101 Å². The van der Waals surface area contributed by atoms with E-state index in [1.807, 2.05) is 60.7 Å². The standard InChI is InChI=1S/C35H44N4O6/c40-30(31-23-45-31)18-9-3-8-17-27-33(42)37-28(20-24-12-4-1-5-13-24)34(43)38-29(21-25-14-6-2-7-15-25)35(44)39-19-11-10-16-26(39)22-32(41)36-27/h1-2,4-7,12-15,26-29,31H,3,8-11,16-23H2,(H,36,41)(H,37,42)(H,38,43)/t26-,27+,28+,29+,31+/m1/s1. The number of nitrogens with one attached hydrogen (secondary N) is 3. The van der Waals surface area contributed by atoms with Gasteiger partial charge in [-0.1, -0.05) is 73.5 Å². The molecule has 3 aliphatic rings. The number of amides is 4. The Hall–Kier alpha value is -4.05. The lowest BCUT2D eigenvalue weighted by molar-refractivity contribution is -0.141. The Morgan fingerprint density at radius 1 is 0.756 bits per heavy atom. The molecule has 0 unspecified atom stereocenters. The molecule has 2 aromatic carbocycles. The van der Waals surface area contributed by atoms with Gasteiger partial charge in [-0.15, -0.1) is 0 Å². The van der Waals surface area contributed by atoms with Crippen molar-refractivity contribution >= 4 is 29.4 Å². The van der Waals surface area contributed by atoms with Gasteiger partial charge in [-0.25, -0.2) is 0 Å². The van der Waals surface area contributed by atoms with Crippen LogP contribution in [0.15, 0.2) is 60.7 Å². The number of epoxide rings is 1. The van der Waals surface area contributed by atoms with Crippen LogP contribution >= 0.6 is 0 Å². The van der Waals surface area contributed by atoms with E-state index < -0.39 is 29.9 Å². The van der Waals surface area contributed by atoms with E-state index in [1.165, 1.54) is 0 Å². The molecule has 0 saturated carbocycles. The molecule has 3 fully saturated rings. The third-order valence-corrected chi connectivity index (χ3v) is 8.90. The Morgan fingerprint density at radius 3 is 2.04 bits per heavy atom. The topological polar surface area (TPSA) is 137 Å². The molecule has 2 aromatic rings. The van der Waals surface area contributed by atoms with Gasteiger partial charge in [0.1, 0.15) is 24.2 Å². The van der Waals surface area contributed by atoms with Gasteiger partial charge in [0.05, 0.1) is 6.61 Å². The van der Waals surface area contributed by atoms with Crippen molar-refractivity contribution in [3.63, 3.8) is 0 Å². The largest absolute Gasteiger partial charge is 0.365 e. The van der Waals surface area contributed by atoms with E-state index in [-0.39, 0.29) is 42.6 Å². The van der Waals surface area contributed by atoms with Gasteiger partial charge in [0, 0.05) is 38.3 Å². The molecule has 3 saturated heterocycles. The fourth-order valence-corrected chi connectivity index (χ4v) is 6.31. The lowest BCUT2D eigenvalue weighted by Gasteiger charge is -2.38. The summed E-state index contributed by atoms with van der Waals surface area (Å²) in [6.45, 7) is 1.01. The lowest BCUT2D eigenvalue weighted by Crippen LogP contribution is -2.58. The van der Waals surface area contributed by atoms with Crippen LogP contribution in [-0.4, -0.2) is 77.7 Å². The minimum absolute atomic E-state index is 0.0882. The van der Waals surface area contributed by atoms with E-state index in [4.69, 9.17) is 4.74 Å². The summed E-state index contributed by atoms with van der Waals surface area (Å²) in [7, 11) is 0. The van der Waals surface area contributed by atoms with E-state index in [0.717, 1.165) is 30.4 Å². The normalized spacial score (nSPS) is 25.9. The molecular weight excluding hydrogens is 572 g/mol. The van der Waals surface area contributed by atoms with Crippen molar-refractivity contribution < 1.29 is 28.7 Å². The van der Waals surface area contributed by atoms with Crippen LogP contribution in [0.3, 0.4) is 0 Å². The maximum Gasteiger partial charge on any atom is 0.245 e. The summed E-state index contributed by atoms with van der Waals surface area (Å²) in [5, 5.41) is 8.83. The number of ether oxygens (including phenoxy) is 1. The fourth-order valence-electron chi connectivity index (χ4n) is 6.31. The molecule has 3 heterocycles. The number of hydrogen-bond acceptors (Lipinski definition) is 6. The predicted octanol–water partition coefficient (Wildman–Crippen LogP) is 2.63. The van der Waals surface area contributed by atoms with Crippen LogP contribution in [0, 0.1) is 0 Å². The van der Waals surface area contributed by atoms with Crippen molar-refractivity contribution in [2.24, 2.45) is 0 Å². The van der Waals surface area contributed by atoms with Crippen molar-refractivity contribution in [3.05, 3.63) is 71.8 Å². The number of unbranched alkanes of at least 4 members (excludes halogenated alkanes) is 2. The van der Waals surface area contributed by atoms with Crippen LogP contribution in [0.1, 0.15) is 68.9 Å². The highest BCUT2D eigenvalue weighted by Gasteiger charge is 2.37. The Kier molecular flexibility index (Phi) is 11.4. The Labute approximate surface area is 264 Å². The number of nitrogens with zero attached hydrogens (tertiary/aromatic N) is 1. The number of hydrogen-bond donors (Lipinski definition) is 3. The number of ketones is 1. The third kappa shape index (κ3) is 9.47. The van der Waals surface area contributed by atoms with Crippen molar-refractivity contribution in [1.82, 2.24) is 20.9 Å². The van der Waals surface area contributed by atoms with E-state index >= 15 is 0 Å². The molecule has 240 valence electrons. The summed E-state index contributed by atoms with van der Waals surface area (Å²) in [5.41, 5.74) is 1.76. The number of rotatable bonds is 11. The molecular formula is C35H44N4O6. The Balaban J connectivity index is 1.37. The van der Waals surface area contributed by atoms with Gasteiger partial charge in [0.15, 0.2) is 5.78 Å². The fraction of sp³-hybridized carbons (Fsp3) is 0.514. The molecule has 3 aliphatic heterocycles. The predicted molar refractivity (Wildman–Crippen MR) is 168 cm³/mol. The quantitative estimate of drug-likeness (QED) is 0.262. The van der Waals surface area contributed by atoms with Crippen molar-refractivity contribution in [2.75, 3.05) is 13.2 Å². The highest BCUT2D eigenvalue weighted by Crippen LogP contribution is 2.23. The first kappa shape index (κ1) is 32.3. The third-order valence-electron chi connectivity index (χ3n) is 8.90. The second-order valence-corrected chi connectivity index (χ2v) is 12.4. The Morgan fingerprint density at radius 2 is 1.38 bits per heavy atom. The minimum Gasteiger partial charge on any atom is -0.365 e. The first-order chi connectivity index (χ1) is 21.9. The van der Waals surface area contributed by atoms with Gasteiger partial charge >= 0.3 is 0 Å². The molecule has 0 aliphatic carbocycles. The maximum atomic E-state index is 14.1. The molecule has 10 heteroatoms. The maximum absolute atomic E-state index is 14.1. The van der Waals surface area contributed by atoms with Crippen LogP contribution < -0.4 is 16.0 Å². The summed E-state index contributed by atoms with van der Waals surface area (Å²) in [5.74, 6) is -1.28. The number of benzene rings is 2. The lowest BCUT2D eigenvalue weighted by atomic mass is 9.96. The molecule has 0 radical (unpaired) electrons. The van der Waals surface area contributed by atoms with Gasteiger partial charge in [-0.05, 0) is 43.2 Å². The van der Waals surface area contributed by atoms with Crippen LogP contribution in [-0.2, 0) is 41.6 Å². The zero-order valence-electron chi connectivity index (χ0n) is 25.7. The average molecular weight is 617 g/mol. The number of carbonyl (C=O) groups excluding carboxylic acids is 5. The SMILES string of the molecule is O=C1C[C@H]2CCCCN2C(=O)[C@H](Cc2ccccc2)NC(=O)[C@H](Cc2ccccc2)NC(=O)[C@H](CCCCCC(=O)[C@@H]2CO2)N1. The van der Waals surface area contributed by atoms with Crippen LogP contribution in [0.2, 0.25) is 0 Å². The Bertz CT molecular complexity index is 1330. The molecule has 0 bridgehead atoms. The van der Waals surface area contributed by atoms with E-state index in [0.29, 0.717) is 51.7 Å².